The van der Waals surface area contributed by atoms with Gasteiger partial charge in [-0.15, -0.1) is 0 Å². The zero-order valence-electron chi connectivity index (χ0n) is 3.81. The van der Waals surface area contributed by atoms with Crippen LogP contribution >= 0.6 is 0 Å². The maximum atomic E-state index is 4.99. The first-order valence-corrected chi connectivity index (χ1v) is 2.30. The lowest BCUT2D eigenvalue weighted by Crippen LogP contribution is -1.88. The minimum atomic E-state index is 0.574. The zero-order valence-corrected chi connectivity index (χ0v) is 3.81. The fraction of sp³-hybridized carbons (Fsp3) is 0.800. The summed E-state index contributed by atoms with van der Waals surface area (Å²) in [5.74, 6) is 0.574. The van der Waals surface area contributed by atoms with Gasteiger partial charge in [0.2, 0.25) is 0 Å². The first-order valence-electron chi connectivity index (χ1n) is 2.30. The topological polar surface area (TPSA) is 9.23 Å². The van der Waals surface area contributed by atoms with Crippen LogP contribution in [0.5, 0.6) is 0 Å². The fourth-order valence-electron chi connectivity index (χ4n) is 0.583. The van der Waals surface area contributed by atoms with Crippen LogP contribution in [0.4, 0.5) is 0 Å². The van der Waals surface area contributed by atoms with Gasteiger partial charge in [0.1, 0.15) is 0 Å². The molecule has 0 amide bonds. The molecular weight excluding hydrogens is 76.1 g/mol. The Balaban J connectivity index is 2.18. The van der Waals surface area contributed by atoms with Crippen molar-refractivity contribution in [2.24, 2.45) is 5.92 Å². The number of ether oxygens (including phenoxy) is 1. The molecule has 0 aliphatic carbocycles. The van der Waals surface area contributed by atoms with Gasteiger partial charge in [-0.25, -0.2) is 0 Å². The molecule has 35 valence electrons. The molecule has 1 heterocycles. The number of rotatable bonds is 0. The maximum absolute atomic E-state index is 4.99. The van der Waals surface area contributed by atoms with Gasteiger partial charge >= 0.3 is 0 Å². The van der Waals surface area contributed by atoms with Crippen molar-refractivity contribution in [3.05, 3.63) is 6.92 Å². The van der Waals surface area contributed by atoms with Gasteiger partial charge in [0.05, 0.1) is 0 Å². The van der Waals surface area contributed by atoms with E-state index >= 15 is 0 Å². The van der Waals surface area contributed by atoms with Crippen LogP contribution in [0, 0.1) is 12.8 Å². The summed E-state index contributed by atoms with van der Waals surface area (Å²) >= 11 is 0. The maximum Gasteiger partial charge on any atom is 0.0495 e. The predicted octanol–water partition coefficient (Wildman–Crippen LogP) is 0.857. The number of hydrogen-bond donors (Lipinski definition) is 0. The SMILES string of the molecule is [CH2][C@H]1CCOC1. The van der Waals surface area contributed by atoms with Crippen LogP contribution in [0.2, 0.25) is 0 Å². The third kappa shape index (κ3) is 0.716. The molecule has 1 aliphatic rings. The molecule has 0 N–H and O–H groups in total. The van der Waals surface area contributed by atoms with E-state index in [0.29, 0.717) is 5.92 Å². The van der Waals surface area contributed by atoms with Crippen LogP contribution < -0.4 is 0 Å². The summed E-state index contributed by atoms with van der Waals surface area (Å²) < 4.78 is 4.99. The highest BCUT2D eigenvalue weighted by atomic mass is 16.5. The van der Waals surface area contributed by atoms with Crippen LogP contribution in [0.15, 0.2) is 0 Å². The van der Waals surface area contributed by atoms with Gasteiger partial charge in [-0.3, -0.25) is 0 Å². The highest BCUT2D eigenvalue weighted by molar-refractivity contribution is 4.64. The lowest BCUT2D eigenvalue weighted by atomic mass is 10.2. The third-order valence-electron chi connectivity index (χ3n) is 1.02. The molecule has 0 unspecified atom stereocenters. The van der Waals surface area contributed by atoms with Crippen molar-refractivity contribution in [1.82, 2.24) is 0 Å². The molecule has 0 aromatic rings. The Labute approximate surface area is 38.3 Å². The van der Waals surface area contributed by atoms with Crippen molar-refractivity contribution in [2.75, 3.05) is 13.2 Å². The molecule has 1 radical (unpaired) electrons. The Bertz CT molecular complexity index is 37.2. The molecule has 0 saturated carbocycles. The molecule has 0 aromatic carbocycles. The molecule has 0 bridgehead atoms. The van der Waals surface area contributed by atoms with Gasteiger partial charge in [-0.1, -0.05) is 0 Å². The molecule has 1 aliphatic heterocycles. The molecule has 0 spiro atoms. The van der Waals surface area contributed by atoms with E-state index in [1.807, 2.05) is 0 Å². The minimum absolute atomic E-state index is 0.574. The minimum Gasteiger partial charge on any atom is -0.381 e. The van der Waals surface area contributed by atoms with E-state index in [-0.39, 0.29) is 0 Å². The normalized spacial score (nSPS) is 34.5. The Morgan fingerprint density at radius 3 is 2.67 bits per heavy atom. The van der Waals surface area contributed by atoms with Crippen LogP contribution in [-0.4, -0.2) is 13.2 Å². The van der Waals surface area contributed by atoms with E-state index < -0.39 is 0 Å². The molecule has 1 heteroatoms. The second-order valence-corrected chi connectivity index (χ2v) is 1.73. The van der Waals surface area contributed by atoms with Crippen molar-refractivity contribution in [2.45, 2.75) is 6.42 Å². The van der Waals surface area contributed by atoms with E-state index in [1.165, 1.54) is 0 Å². The smallest absolute Gasteiger partial charge is 0.0495 e. The standard InChI is InChI=1S/C5H9O/c1-5-2-3-6-4-5/h5H,1-4H2/t5-/m0/s1. The van der Waals surface area contributed by atoms with Crippen LogP contribution in [0.3, 0.4) is 0 Å². The molecule has 1 saturated heterocycles. The average molecular weight is 85.1 g/mol. The van der Waals surface area contributed by atoms with Gasteiger partial charge in [0.25, 0.3) is 0 Å². The first-order chi connectivity index (χ1) is 2.89. The summed E-state index contributed by atoms with van der Waals surface area (Å²) in [4.78, 5) is 0. The Morgan fingerprint density at radius 1 is 1.67 bits per heavy atom. The Morgan fingerprint density at radius 2 is 2.50 bits per heavy atom. The van der Waals surface area contributed by atoms with Gasteiger partial charge < -0.3 is 4.74 Å². The fourth-order valence-corrected chi connectivity index (χ4v) is 0.583. The van der Waals surface area contributed by atoms with Crippen molar-refractivity contribution in [1.29, 1.82) is 0 Å². The lowest BCUT2D eigenvalue weighted by molar-refractivity contribution is 0.191. The molecule has 6 heavy (non-hydrogen) atoms. The van der Waals surface area contributed by atoms with E-state index in [1.54, 1.807) is 0 Å². The summed E-state index contributed by atoms with van der Waals surface area (Å²) in [6.45, 7) is 5.61. The number of hydrogen-bond acceptors (Lipinski definition) is 1. The van der Waals surface area contributed by atoms with Gasteiger partial charge in [0.15, 0.2) is 0 Å². The molecule has 0 aromatic heterocycles. The molecule has 1 atom stereocenters. The highest BCUT2D eigenvalue weighted by Crippen LogP contribution is 2.08. The van der Waals surface area contributed by atoms with Crippen molar-refractivity contribution in [3.63, 3.8) is 0 Å². The van der Waals surface area contributed by atoms with E-state index in [9.17, 15) is 0 Å². The summed E-state index contributed by atoms with van der Waals surface area (Å²) in [5.41, 5.74) is 0. The molecule has 1 fully saturated rings. The lowest BCUT2D eigenvalue weighted by Gasteiger charge is -1.88. The molecule has 1 rings (SSSR count). The van der Waals surface area contributed by atoms with Crippen LogP contribution in [0.25, 0.3) is 0 Å². The van der Waals surface area contributed by atoms with Crippen molar-refractivity contribution >= 4 is 0 Å². The van der Waals surface area contributed by atoms with E-state index in [2.05, 4.69) is 6.92 Å². The Hall–Kier alpha value is -0.0400. The zero-order chi connectivity index (χ0) is 4.41. The van der Waals surface area contributed by atoms with Gasteiger partial charge in [-0.05, 0) is 19.3 Å². The highest BCUT2D eigenvalue weighted by Gasteiger charge is 2.07. The molecular formula is C5H9O. The average Bonchev–Trinajstić information content (AvgIpc) is 1.86. The van der Waals surface area contributed by atoms with E-state index in [4.69, 9.17) is 4.74 Å². The van der Waals surface area contributed by atoms with Gasteiger partial charge in [0, 0.05) is 13.2 Å². The third-order valence-corrected chi connectivity index (χ3v) is 1.02. The Kier molecular flexibility index (Phi) is 1.10. The van der Waals surface area contributed by atoms with Crippen molar-refractivity contribution in [3.8, 4) is 0 Å². The summed E-state index contributed by atoms with van der Waals surface area (Å²) in [5, 5.41) is 0. The van der Waals surface area contributed by atoms with Crippen LogP contribution in [-0.2, 0) is 4.74 Å². The summed E-state index contributed by atoms with van der Waals surface area (Å²) in [6, 6.07) is 0. The van der Waals surface area contributed by atoms with Crippen molar-refractivity contribution < 1.29 is 4.74 Å². The first kappa shape index (κ1) is 4.13. The summed E-state index contributed by atoms with van der Waals surface area (Å²) in [7, 11) is 0. The predicted molar refractivity (Wildman–Crippen MR) is 24.3 cm³/mol. The summed E-state index contributed by atoms with van der Waals surface area (Å²) in [6.07, 6.45) is 1.15. The van der Waals surface area contributed by atoms with Gasteiger partial charge in [-0.2, -0.15) is 0 Å². The van der Waals surface area contributed by atoms with E-state index in [0.717, 1.165) is 19.6 Å². The molecule has 1 nitrogen and oxygen atoms in total. The second-order valence-electron chi connectivity index (χ2n) is 1.73. The largest absolute Gasteiger partial charge is 0.381 e. The monoisotopic (exact) mass is 85.1 g/mol. The quantitative estimate of drug-likeness (QED) is 0.424. The van der Waals surface area contributed by atoms with Crippen LogP contribution in [0.1, 0.15) is 6.42 Å². The second kappa shape index (κ2) is 1.61.